The Hall–Kier alpha value is -3.16. The molecule has 0 atom stereocenters. The van der Waals surface area contributed by atoms with Crippen LogP contribution in [0.25, 0.3) is 11.3 Å². The predicted molar refractivity (Wildman–Crippen MR) is 114 cm³/mol. The highest BCUT2D eigenvalue weighted by Gasteiger charge is 2.16. The van der Waals surface area contributed by atoms with Gasteiger partial charge in [0.1, 0.15) is 18.1 Å². The van der Waals surface area contributed by atoms with Gasteiger partial charge in [0.2, 0.25) is 0 Å². The molecule has 156 valence electrons. The maximum Gasteiger partial charge on any atom is 0.131 e. The van der Waals surface area contributed by atoms with Crippen molar-refractivity contribution in [2.45, 2.75) is 13.2 Å². The van der Waals surface area contributed by atoms with Gasteiger partial charge in [-0.25, -0.2) is 0 Å². The SMILES string of the molecule is COc1ccnc(COc2ccc(-c3ncccc3N3CCOCC3)cc2)c1CO. The lowest BCUT2D eigenvalue weighted by molar-refractivity contribution is 0.122. The number of nitrogens with zero attached hydrogens (tertiary/aromatic N) is 3. The van der Waals surface area contributed by atoms with Gasteiger partial charge in [-0.15, -0.1) is 0 Å². The van der Waals surface area contributed by atoms with Crippen LogP contribution in [0.2, 0.25) is 0 Å². The van der Waals surface area contributed by atoms with Gasteiger partial charge >= 0.3 is 0 Å². The van der Waals surface area contributed by atoms with Gasteiger partial charge in [-0.1, -0.05) is 0 Å². The summed E-state index contributed by atoms with van der Waals surface area (Å²) in [6.07, 6.45) is 3.46. The van der Waals surface area contributed by atoms with E-state index in [0.717, 1.165) is 49.0 Å². The molecule has 30 heavy (non-hydrogen) atoms. The average molecular weight is 407 g/mol. The number of morpholine rings is 1. The van der Waals surface area contributed by atoms with Gasteiger partial charge in [0.05, 0.1) is 44.0 Å². The van der Waals surface area contributed by atoms with Crippen LogP contribution in [0.3, 0.4) is 0 Å². The van der Waals surface area contributed by atoms with Crippen molar-refractivity contribution in [1.82, 2.24) is 9.97 Å². The molecule has 7 heteroatoms. The molecule has 0 spiro atoms. The number of aliphatic hydroxyl groups excluding tert-OH is 1. The molecule has 0 amide bonds. The average Bonchev–Trinajstić information content (AvgIpc) is 2.83. The van der Waals surface area contributed by atoms with Crippen LogP contribution in [0.4, 0.5) is 5.69 Å². The largest absolute Gasteiger partial charge is 0.496 e. The number of ether oxygens (including phenoxy) is 3. The van der Waals surface area contributed by atoms with Crippen molar-refractivity contribution in [3.05, 3.63) is 66.1 Å². The number of hydrogen-bond donors (Lipinski definition) is 1. The van der Waals surface area contributed by atoms with E-state index in [2.05, 4.69) is 20.9 Å². The van der Waals surface area contributed by atoms with Crippen LogP contribution in [-0.2, 0) is 18.0 Å². The summed E-state index contributed by atoms with van der Waals surface area (Å²) >= 11 is 0. The van der Waals surface area contributed by atoms with E-state index < -0.39 is 0 Å². The normalized spacial score (nSPS) is 13.9. The molecule has 1 saturated heterocycles. The Bertz CT molecular complexity index is 972. The van der Waals surface area contributed by atoms with Crippen molar-refractivity contribution in [2.24, 2.45) is 0 Å². The van der Waals surface area contributed by atoms with Crippen molar-refractivity contribution in [2.75, 3.05) is 38.3 Å². The predicted octanol–water partition coefficient (Wildman–Crippen LogP) is 3.06. The lowest BCUT2D eigenvalue weighted by Gasteiger charge is -2.30. The van der Waals surface area contributed by atoms with Crippen molar-refractivity contribution in [3.8, 4) is 22.8 Å². The monoisotopic (exact) mass is 407 g/mol. The summed E-state index contributed by atoms with van der Waals surface area (Å²) in [5, 5.41) is 9.63. The topological polar surface area (TPSA) is 76.9 Å². The quantitative estimate of drug-likeness (QED) is 0.645. The van der Waals surface area contributed by atoms with Crippen LogP contribution in [0.15, 0.2) is 54.9 Å². The first-order valence-corrected chi connectivity index (χ1v) is 9.92. The van der Waals surface area contributed by atoms with Crippen LogP contribution in [-0.4, -0.2) is 48.5 Å². The highest BCUT2D eigenvalue weighted by Crippen LogP contribution is 2.30. The summed E-state index contributed by atoms with van der Waals surface area (Å²) in [7, 11) is 1.57. The number of hydrogen-bond acceptors (Lipinski definition) is 7. The van der Waals surface area contributed by atoms with E-state index in [1.54, 1.807) is 19.4 Å². The van der Waals surface area contributed by atoms with Crippen LogP contribution in [0.5, 0.6) is 11.5 Å². The Labute approximate surface area is 175 Å². The van der Waals surface area contributed by atoms with Crippen LogP contribution >= 0.6 is 0 Å². The maximum atomic E-state index is 9.63. The molecule has 1 aliphatic heterocycles. The van der Waals surface area contributed by atoms with Crippen LogP contribution in [0, 0.1) is 0 Å². The van der Waals surface area contributed by atoms with Crippen molar-refractivity contribution in [3.63, 3.8) is 0 Å². The summed E-state index contributed by atoms with van der Waals surface area (Å²) in [5.41, 5.74) is 4.38. The summed E-state index contributed by atoms with van der Waals surface area (Å²) in [6, 6.07) is 13.6. The highest BCUT2D eigenvalue weighted by molar-refractivity contribution is 5.75. The van der Waals surface area contributed by atoms with Gasteiger partial charge in [-0.2, -0.15) is 0 Å². The molecular formula is C23H25N3O4. The molecule has 7 nitrogen and oxygen atoms in total. The van der Waals surface area contributed by atoms with E-state index in [9.17, 15) is 5.11 Å². The molecular weight excluding hydrogens is 382 g/mol. The van der Waals surface area contributed by atoms with E-state index in [1.165, 1.54) is 0 Å². The van der Waals surface area contributed by atoms with E-state index in [4.69, 9.17) is 14.2 Å². The zero-order valence-corrected chi connectivity index (χ0v) is 17.0. The van der Waals surface area contributed by atoms with Gasteiger partial charge in [0, 0.05) is 36.6 Å². The molecule has 1 fully saturated rings. The van der Waals surface area contributed by atoms with Crippen LogP contribution in [0.1, 0.15) is 11.3 Å². The first kappa shape index (κ1) is 20.1. The number of anilines is 1. The van der Waals surface area contributed by atoms with Gasteiger partial charge in [-0.3, -0.25) is 9.97 Å². The van der Waals surface area contributed by atoms with Crippen molar-refractivity contribution < 1.29 is 19.3 Å². The lowest BCUT2D eigenvalue weighted by atomic mass is 10.1. The second-order valence-corrected chi connectivity index (χ2v) is 6.88. The third kappa shape index (κ3) is 4.37. The van der Waals surface area contributed by atoms with E-state index in [-0.39, 0.29) is 13.2 Å². The number of benzene rings is 1. The number of rotatable bonds is 7. The van der Waals surface area contributed by atoms with Gasteiger partial charge in [0.25, 0.3) is 0 Å². The summed E-state index contributed by atoms with van der Waals surface area (Å²) in [6.45, 7) is 3.28. The van der Waals surface area contributed by atoms with E-state index >= 15 is 0 Å². The number of pyridine rings is 2. The third-order valence-electron chi connectivity index (χ3n) is 5.12. The second kappa shape index (κ2) is 9.56. The summed E-state index contributed by atoms with van der Waals surface area (Å²) < 4.78 is 16.6. The second-order valence-electron chi connectivity index (χ2n) is 6.88. The fraction of sp³-hybridized carbons (Fsp3) is 0.304. The zero-order chi connectivity index (χ0) is 20.8. The highest BCUT2D eigenvalue weighted by atomic mass is 16.5. The van der Waals surface area contributed by atoms with Crippen LogP contribution < -0.4 is 14.4 Å². The Morgan fingerprint density at radius 3 is 2.57 bits per heavy atom. The molecule has 0 bridgehead atoms. The standard InChI is InChI=1S/C23H25N3O4/c1-28-22-8-10-24-20(19(22)15-27)16-30-18-6-4-17(5-7-18)23-21(3-2-9-25-23)26-11-13-29-14-12-26/h2-10,27H,11-16H2,1H3. The molecule has 2 aromatic heterocycles. The molecule has 3 heterocycles. The molecule has 0 unspecified atom stereocenters. The van der Waals surface area contributed by atoms with E-state index in [1.807, 2.05) is 36.5 Å². The Kier molecular flexibility index (Phi) is 6.41. The smallest absolute Gasteiger partial charge is 0.131 e. The fourth-order valence-electron chi connectivity index (χ4n) is 3.54. The van der Waals surface area contributed by atoms with E-state index in [0.29, 0.717) is 17.0 Å². The molecule has 0 aliphatic carbocycles. The fourth-order valence-corrected chi connectivity index (χ4v) is 3.54. The molecule has 0 saturated carbocycles. The molecule has 1 aliphatic rings. The summed E-state index contributed by atoms with van der Waals surface area (Å²) in [4.78, 5) is 11.2. The Balaban J connectivity index is 1.49. The summed E-state index contributed by atoms with van der Waals surface area (Å²) in [5.74, 6) is 1.32. The first-order chi connectivity index (χ1) is 14.8. The number of aromatic nitrogens is 2. The zero-order valence-electron chi connectivity index (χ0n) is 17.0. The number of methoxy groups -OCH3 is 1. The minimum atomic E-state index is -0.154. The Morgan fingerprint density at radius 2 is 1.83 bits per heavy atom. The molecule has 4 rings (SSSR count). The van der Waals surface area contributed by atoms with Gasteiger partial charge in [-0.05, 0) is 42.5 Å². The first-order valence-electron chi connectivity index (χ1n) is 9.92. The third-order valence-corrected chi connectivity index (χ3v) is 5.12. The van der Waals surface area contributed by atoms with Crippen molar-refractivity contribution >= 4 is 5.69 Å². The minimum absolute atomic E-state index is 0.154. The molecule has 3 aromatic rings. The lowest BCUT2D eigenvalue weighted by Crippen LogP contribution is -2.36. The van der Waals surface area contributed by atoms with Crippen molar-refractivity contribution in [1.29, 1.82) is 0 Å². The van der Waals surface area contributed by atoms with Gasteiger partial charge in [0.15, 0.2) is 0 Å². The molecule has 1 N–H and O–H groups in total. The minimum Gasteiger partial charge on any atom is -0.496 e. The molecule has 0 radical (unpaired) electrons. The maximum absolute atomic E-state index is 9.63. The Morgan fingerprint density at radius 1 is 1.03 bits per heavy atom. The number of aliphatic hydroxyl groups is 1. The van der Waals surface area contributed by atoms with Gasteiger partial charge < -0.3 is 24.2 Å². The molecule has 1 aromatic carbocycles.